The van der Waals surface area contributed by atoms with E-state index < -0.39 is 0 Å². The highest BCUT2D eigenvalue weighted by Crippen LogP contribution is 2.40. The van der Waals surface area contributed by atoms with Crippen molar-refractivity contribution >= 4 is 0 Å². The molecule has 1 saturated carbocycles. The maximum atomic E-state index is 9.70. The first-order valence-electron chi connectivity index (χ1n) is 5.60. The summed E-state index contributed by atoms with van der Waals surface area (Å²) in [6.07, 6.45) is 3.95. The highest BCUT2D eigenvalue weighted by molar-refractivity contribution is 5.62. The number of ether oxygens (including phenoxy) is 1. The molecule has 1 aliphatic rings. The number of rotatable bonds is 3. The SMILES string of the molecule is COc1ccc(-c2coc(C3CC3)n2)cc1O. The Bertz CT molecular complexity index is 543. The number of hydrogen-bond acceptors (Lipinski definition) is 4. The van der Waals surface area contributed by atoms with Crippen molar-refractivity contribution < 1.29 is 14.3 Å². The van der Waals surface area contributed by atoms with E-state index in [1.54, 1.807) is 18.4 Å². The Kier molecular flexibility index (Phi) is 2.28. The molecule has 0 bridgehead atoms. The molecule has 17 heavy (non-hydrogen) atoms. The Morgan fingerprint density at radius 1 is 1.41 bits per heavy atom. The van der Waals surface area contributed by atoms with Crippen molar-refractivity contribution in [2.75, 3.05) is 7.11 Å². The second-order valence-electron chi connectivity index (χ2n) is 4.23. The summed E-state index contributed by atoms with van der Waals surface area (Å²) in [4.78, 5) is 4.42. The normalized spacial score (nSPS) is 14.9. The van der Waals surface area contributed by atoms with Crippen LogP contribution in [0.1, 0.15) is 24.7 Å². The quantitative estimate of drug-likeness (QED) is 0.882. The molecule has 4 heteroatoms. The molecule has 3 rings (SSSR count). The van der Waals surface area contributed by atoms with Gasteiger partial charge in [-0.15, -0.1) is 0 Å². The summed E-state index contributed by atoms with van der Waals surface area (Å²) < 4.78 is 10.4. The van der Waals surface area contributed by atoms with Crippen LogP contribution in [0, 0.1) is 0 Å². The number of aromatic nitrogens is 1. The number of aromatic hydroxyl groups is 1. The maximum Gasteiger partial charge on any atom is 0.197 e. The summed E-state index contributed by atoms with van der Waals surface area (Å²) in [7, 11) is 1.52. The number of phenols is 1. The number of phenolic OH excluding ortho intramolecular Hbond substituents is 1. The predicted octanol–water partition coefficient (Wildman–Crippen LogP) is 2.93. The van der Waals surface area contributed by atoms with Gasteiger partial charge in [-0.2, -0.15) is 0 Å². The lowest BCUT2D eigenvalue weighted by molar-refractivity contribution is 0.373. The lowest BCUT2D eigenvalue weighted by atomic mass is 10.1. The molecule has 1 aliphatic carbocycles. The van der Waals surface area contributed by atoms with E-state index in [0.717, 1.165) is 30.0 Å². The van der Waals surface area contributed by atoms with Crippen LogP contribution in [0.3, 0.4) is 0 Å². The van der Waals surface area contributed by atoms with Gasteiger partial charge in [0.15, 0.2) is 17.4 Å². The molecule has 88 valence electrons. The molecule has 0 unspecified atom stereocenters. The summed E-state index contributed by atoms with van der Waals surface area (Å²) in [5.74, 6) is 1.87. The van der Waals surface area contributed by atoms with Gasteiger partial charge >= 0.3 is 0 Å². The summed E-state index contributed by atoms with van der Waals surface area (Å²) in [6.45, 7) is 0. The zero-order chi connectivity index (χ0) is 11.8. The average molecular weight is 231 g/mol. The highest BCUT2D eigenvalue weighted by Gasteiger charge is 2.28. The van der Waals surface area contributed by atoms with Crippen LogP contribution in [-0.4, -0.2) is 17.2 Å². The first-order valence-corrected chi connectivity index (χ1v) is 5.60. The summed E-state index contributed by atoms with van der Waals surface area (Å²) in [6, 6.07) is 5.20. The van der Waals surface area contributed by atoms with Crippen molar-refractivity contribution in [3.8, 4) is 22.8 Å². The van der Waals surface area contributed by atoms with Gasteiger partial charge in [-0.05, 0) is 31.0 Å². The van der Waals surface area contributed by atoms with Crippen LogP contribution in [0.25, 0.3) is 11.3 Å². The topological polar surface area (TPSA) is 55.5 Å². The Balaban J connectivity index is 1.93. The number of benzene rings is 1. The van der Waals surface area contributed by atoms with E-state index in [2.05, 4.69) is 4.98 Å². The Morgan fingerprint density at radius 3 is 2.88 bits per heavy atom. The van der Waals surface area contributed by atoms with Crippen molar-refractivity contribution in [3.63, 3.8) is 0 Å². The van der Waals surface area contributed by atoms with Crippen LogP contribution in [0.2, 0.25) is 0 Å². The van der Waals surface area contributed by atoms with Crippen LogP contribution >= 0.6 is 0 Å². The van der Waals surface area contributed by atoms with Gasteiger partial charge < -0.3 is 14.3 Å². The van der Waals surface area contributed by atoms with Crippen LogP contribution in [0.4, 0.5) is 0 Å². The standard InChI is InChI=1S/C13H13NO3/c1-16-12-5-4-9(6-11(12)15)10-7-17-13(14-10)8-2-3-8/h4-8,15H,2-3H2,1H3. The van der Waals surface area contributed by atoms with Crippen molar-refractivity contribution in [2.45, 2.75) is 18.8 Å². The molecule has 1 heterocycles. The van der Waals surface area contributed by atoms with E-state index in [4.69, 9.17) is 9.15 Å². The third kappa shape index (κ3) is 1.86. The maximum absolute atomic E-state index is 9.70. The van der Waals surface area contributed by atoms with Gasteiger partial charge in [0, 0.05) is 11.5 Å². The molecule has 2 aromatic rings. The fraction of sp³-hybridized carbons (Fsp3) is 0.308. The number of methoxy groups -OCH3 is 1. The van der Waals surface area contributed by atoms with Crippen LogP contribution < -0.4 is 4.74 Å². The lowest BCUT2D eigenvalue weighted by Crippen LogP contribution is -1.85. The van der Waals surface area contributed by atoms with Crippen LogP contribution in [-0.2, 0) is 0 Å². The minimum absolute atomic E-state index is 0.112. The molecule has 0 aliphatic heterocycles. The zero-order valence-corrected chi connectivity index (χ0v) is 9.51. The van der Waals surface area contributed by atoms with Crippen LogP contribution in [0.5, 0.6) is 11.5 Å². The van der Waals surface area contributed by atoms with E-state index in [1.807, 2.05) is 6.07 Å². The molecule has 1 aromatic heterocycles. The number of oxazole rings is 1. The van der Waals surface area contributed by atoms with Crippen molar-refractivity contribution in [2.24, 2.45) is 0 Å². The number of hydrogen-bond donors (Lipinski definition) is 1. The summed E-state index contributed by atoms with van der Waals surface area (Å²) >= 11 is 0. The summed E-state index contributed by atoms with van der Waals surface area (Å²) in [5, 5.41) is 9.70. The van der Waals surface area contributed by atoms with Gasteiger partial charge in [0.2, 0.25) is 0 Å². The monoisotopic (exact) mass is 231 g/mol. The van der Waals surface area contributed by atoms with Gasteiger partial charge in [0.25, 0.3) is 0 Å². The average Bonchev–Trinajstić information content (AvgIpc) is 3.07. The van der Waals surface area contributed by atoms with Crippen molar-refractivity contribution in [1.29, 1.82) is 0 Å². The second kappa shape index (κ2) is 3.80. The molecular weight excluding hydrogens is 218 g/mol. The molecule has 0 saturated heterocycles. The largest absolute Gasteiger partial charge is 0.504 e. The van der Waals surface area contributed by atoms with Gasteiger partial charge in [0.05, 0.1) is 7.11 Å². The third-order valence-corrected chi connectivity index (χ3v) is 2.92. The fourth-order valence-electron chi connectivity index (χ4n) is 1.79. The first-order chi connectivity index (χ1) is 8.28. The molecule has 0 spiro atoms. The third-order valence-electron chi connectivity index (χ3n) is 2.92. The summed E-state index contributed by atoms with van der Waals surface area (Å²) in [5.41, 5.74) is 1.59. The van der Waals surface area contributed by atoms with E-state index >= 15 is 0 Å². The molecule has 0 amide bonds. The van der Waals surface area contributed by atoms with Crippen molar-refractivity contribution in [3.05, 3.63) is 30.4 Å². The minimum Gasteiger partial charge on any atom is -0.504 e. The molecule has 1 aromatic carbocycles. The fourth-order valence-corrected chi connectivity index (χ4v) is 1.79. The molecule has 0 radical (unpaired) electrons. The zero-order valence-electron chi connectivity index (χ0n) is 9.51. The minimum atomic E-state index is 0.112. The molecule has 0 atom stereocenters. The van der Waals surface area contributed by atoms with Gasteiger partial charge in [-0.3, -0.25) is 0 Å². The Hall–Kier alpha value is -1.97. The van der Waals surface area contributed by atoms with Crippen LogP contribution in [0.15, 0.2) is 28.9 Å². The smallest absolute Gasteiger partial charge is 0.197 e. The Labute approximate surface area is 98.9 Å². The molecule has 1 N–H and O–H groups in total. The molecular formula is C13H13NO3. The Morgan fingerprint density at radius 2 is 2.24 bits per heavy atom. The van der Waals surface area contributed by atoms with Crippen molar-refractivity contribution in [1.82, 2.24) is 4.98 Å². The van der Waals surface area contributed by atoms with E-state index in [-0.39, 0.29) is 5.75 Å². The van der Waals surface area contributed by atoms with Gasteiger partial charge in [-0.25, -0.2) is 4.98 Å². The predicted molar refractivity (Wildman–Crippen MR) is 62.1 cm³/mol. The highest BCUT2D eigenvalue weighted by atomic mass is 16.5. The molecule has 1 fully saturated rings. The van der Waals surface area contributed by atoms with E-state index in [9.17, 15) is 5.11 Å². The lowest BCUT2D eigenvalue weighted by Gasteiger charge is -2.03. The first kappa shape index (κ1) is 10.2. The molecule has 4 nitrogen and oxygen atoms in total. The van der Waals surface area contributed by atoms with Gasteiger partial charge in [0.1, 0.15) is 12.0 Å². The van der Waals surface area contributed by atoms with E-state index in [1.165, 1.54) is 7.11 Å². The second-order valence-corrected chi connectivity index (χ2v) is 4.23. The van der Waals surface area contributed by atoms with E-state index in [0.29, 0.717) is 11.7 Å². The number of nitrogens with zero attached hydrogens (tertiary/aromatic N) is 1. The van der Waals surface area contributed by atoms with Gasteiger partial charge in [-0.1, -0.05) is 0 Å².